The molecule has 0 aliphatic carbocycles. The second-order valence-electron chi connectivity index (χ2n) is 3.45. The largest absolute Gasteiger partial charge is 0.504 e. The van der Waals surface area contributed by atoms with Crippen LogP contribution in [0.15, 0.2) is 32.3 Å². The number of phenols is 1. The fraction of sp³-hybridized carbons (Fsp3) is 0. The van der Waals surface area contributed by atoms with E-state index in [4.69, 9.17) is 11.6 Å². The number of sulfonamides is 1. The molecule has 4 nitrogen and oxygen atoms in total. The van der Waals surface area contributed by atoms with Gasteiger partial charge in [-0.3, -0.25) is 4.72 Å². The lowest BCUT2D eigenvalue weighted by molar-refractivity contribution is 0.476. The Morgan fingerprint density at radius 2 is 2.05 bits per heavy atom. The first kappa shape index (κ1) is 14.6. The molecule has 0 aliphatic rings. The zero-order valence-corrected chi connectivity index (χ0v) is 13.0. The van der Waals surface area contributed by atoms with Crippen molar-refractivity contribution in [3.63, 3.8) is 0 Å². The highest BCUT2D eigenvalue weighted by atomic mass is 79.9. The summed E-state index contributed by atoms with van der Waals surface area (Å²) in [6.45, 7) is 0. The number of nitrogens with one attached hydrogen (secondary N) is 1. The van der Waals surface area contributed by atoms with Crippen molar-refractivity contribution in [1.29, 1.82) is 0 Å². The van der Waals surface area contributed by atoms with Crippen molar-refractivity contribution in [3.05, 3.63) is 38.9 Å². The third-order valence-electron chi connectivity index (χ3n) is 2.09. The van der Waals surface area contributed by atoms with Crippen LogP contribution in [0.1, 0.15) is 0 Å². The molecule has 0 atom stereocenters. The van der Waals surface area contributed by atoms with Gasteiger partial charge in [0.25, 0.3) is 10.0 Å². The lowest BCUT2D eigenvalue weighted by Crippen LogP contribution is -2.11. The van der Waals surface area contributed by atoms with E-state index in [1.807, 2.05) is 0 Å². The van der Waals surface area contributed by atoms with Gasteiger partial charge in [-0.25, -0.2) is 12.8 Å². The van der Waals surface area contributed by atoms with Gasteiger partial charge in [0.05, 0.1) is 14.5 Å². The van der Waals surface area contributed by atoms with Gasteiger partial charge in [0.15, 0.2) is 5.75 Å². The van der Waals surface area contributed by atoms with Crippen LogP contribution in [-0.4, -0.2) is 13.5 Å². The summed E-state index contributed by atoms with van der Waals surface area (Å²) in [5.41, 5.74) is -0.311. The summed E-state index contributed by atoms with van der Waals surface area (Å²) in [6, 6.07) is 4.69. The zero-order valence-electron chi connectivity index (χ0n) is 9.02. The van der Waals surface area contributed by atoms with E-state index < -0.39 is 21.6 Å². The highest BCUT2D eigenvalue weighted by Crippen LogP contribution is 2.35. The molecular formula is C10H6BrClFNO3S2. The van der Waals surface area contributed by atoms with Crippen molar-refractivity contribution in [2.45, 2.75) is 4.21 Å². The third kappa shape index (κ3) is 3.19. The Labute approximate surface area is 126 Å². The summed E-state index contributed by atoms with van der Waals surface area (Å²) < 4.78 is 39.9. The molecule has 0 saturated carbocycles. The number of phenolic OH excluding ortho intramolecular Hbond substituents is 1. The average Bonchev–Trinajstić information content (AvgIpc) is 2.72. The predicted octanol–water partition coefficient (Wildman–Crippen LogP) is 3.81. The van der Waals surface area contributed by atoms with E-state index in [0.29, 0.717) is 3.79 Å². The monoisotopic (exact) mass is 385 g/mol. The summed E-state index contributed by atoms with van der Waals surface area (Å²) in [5, 5.41) is 9.33. The standard InChI is InChI=1S/C10H6BrClFNO3S2/c11-8-1-2-9(18-8)19(16,17)14-7-4-5(13)3-6(12)10(7)15/h1-4,14-15H. The van der Waals surface area contributed by atoms with Crippen molar-refractivity contribution in [1.82, 2.24) is 0 Å². The molecule has 1 heterocycles. The molecule has 0 saturated heterocycles. The molecule has 0 fully saturated rings. The zero-order chi connectivity index (χ0) is 14.2. The van der Waals surface area contributed by atoms with Crippen LogP contribution in [0, 0.1) is 5.82 Å². The summed E-state index contributed by atoms with van der Waals surface area (Å²) >= 11 is 9.70. The lowest BCUT2D eigenvalue weighted by atomic mass is 10.3. The molecule has 2 rings (SSSR count). The first-order chi connectivity index (χ1) is 8.79. The molecule has 1 aromatic carbocycles. The molecular weight excluding hydrogens is 381 g/mol. The number of benzene rings is 1. The fourth-order valence-corrected chi connectivity index (χ4v) is 4.55. The van der Waals surface area contributed by atoms with E-state index in [1.54, 1.807) is 6.07 Å². The molecule has 0 radical (unpaired) electrons. The molecule has 2 N–H and O–H groups in total. The Balaban J connectivity index is 2.41. The van der Waals surface area contributed by atoms with Gasteiger partial charge in [-0.2, -0.15) is 0 Å². The fourth-order valence-electron chi connectivity index (χ4n) is 1.28. The smallest absolute Gasteiger partial charge is 0.271 e. The van der Waals surface area contributed by atoms with Crippen LogP contribution in [0.3, 0.4) is 0 Å². The topological polar surface area (TPSA) is 66.4 Å². The molecule has 0 unspecified atom stereocenters. The van der Waals surface area contributed by atoms with Crippen molar-refractivity contribution in [2.75, 3.05) is 4.72 Å². The van der Waals surface area contributed by atoms with Crippen LogP contribution in [0.5, 0.6) is 5.75 Å². The molecule has 2 aromatic rings. The second-order valence-corrected chi connectivity index (χ2v) is 8.23. The second kappa shape index (κ2) is 5.28. The van der Waals surface area contributed by atoms with Crippen molar-refractivity contribution < 1.29 is 17.9 Å². The number of halogens is 3. The Bertz CT molecular complexity index is 732. The van der Waals surface area contributed by atoms with E-state index in [1.165, 1.54) is 6.07 Å². The SMILES string of the molecule is O=S(=O)(Nc1cc(F)cc(Cl)c1O)c1ccc(Br)s1. The molecule has 0 bridgehead atoms. The van der Waals surface area contributed by atoms with Crippen LogP contribution in [0.25, 0.3) is 0 Å². The number of hydrogen-bond acceptors (Lipinski definition) is 4. The van der Waals surface area contributed by atoms with Gasteiger partial charge >= 0.3 is 0 Å². The Morgan fingerprint density at radius 3 is 2.63 bits per heavy atom. The number of thiophene rings is 1. The van der Waals surface area contributed by atoms with Crippen LogP contribution in [0.4, 0.5) is 10.1 Å². The molecule has 0 aliphatic heterocycles. The molecule has 0 spiro atoms. The van der Waals surface area contributed by atoms with E-state index in [-0.39, 0.29) is 14.9 Å². The van der Waals surface area contributed by atoms with Crippen LogP contribution < -0.4 is 4.72 Å². The van der Waals surface area contributed by atoms with Gasteiger partial charge in [0.2, 0.25) is 0 Å². The van der Waals surface area contributed by atoms with Gasteiger partial charge in [-0.1, -0.05) is 11.6 Å². The normalized spacial score (nSPS) is 11.5. The van der Waals surface area contributed by atoms with E-state index >= 15 is 0 Å². The van der Waals surface area contributed by atoms with Gasteiger partial charge in [0.1, 0.15) is 10.0 Å². The van der Waals surface area contributed by atoms with Crippen molar-refractivity contribution in [3.8, 4) is 5.75 Å². The molecule has 19 heavy (non-hydrogen) atoms. The summed E-state index contributed by atoms with van der Waals surface area (Å²) in [7, 11) is -3.90. The molecule has 102 valence electrons. The minimum atomic E-state index is -3.90. The highest BCUT2D eigenvalue weighted by Gasteiger charge is 2.19. The number of anilines is 1. The number of aromatic hydroxyl groups is 1. The van der Waals surface area contributed by atoms with Crippen LogP contribution in [-0.2, 0) is 10.0 Å². The lowest BCUT2D eigenvalue weighted by Gasteiger charge is -2.09. The van der Waals surface area contributed by atoms with E-state index in [9.17, 15) is 17.9 Å². The predicted molar refractivity (Wildman–Crippen MR) is 75.9 cm³/mol. The van der Waals surface area contributed by atoms with Gasteiger partial charge in [-0.15, -0.1) is 11.3 Å². The molecule has 0 amide bonds. The van der Waals surface area contributed by atoms with E-state index in [0.717, 1.165) is 23.5 Å². The van der Waals surface area contributed by atoms with Crippen molar-refractivity contribution in [2.24, 2.45) is 0 Å². The first-order valence-corrected chi connectivity index (χ1v) is 8.23. The van der Waals surface area contributed by atoms with Crippen LogP contribution in [0.2, 0.25) is 5.02 Å². The molecule has 1 aromatic heterocycles. The summed E-state index contributed by atoms with van der Waals surface area (Å²) in [6.07, 6.45) is 0. The highest BCUT2D eigenvalue weighted by molar-refractivity contribution is 9.11. The maximum atomic E-state index is 13.2. The minimum absolute atomic E-state index is 0.0270. The minimum Gasteiger partial charge on any atom is -0.504 e. The Hall–Kier alpha value is -0.830. The van der Waals surface area contributed by atoms with Gasteiger partial charge in [-0.05, 0) is 34.1 Å². The first-order valence-electron chi connectivity index (χ1n) is 4.76. The summed E-state index contributed by atoms with van der Waals surface area (Å²) in [5.74, 6) is -1.28. The van der Waals surface area contributed by atoms with Gasteiger partial charge in [0, 0.05) is 6.07 Å². The maximum Gasteiger partial charge on any atom is 0.271 e. The molecule has 9 heteroatoms. The Morgan fingerprint density at radius 1 is 1.37 bits per heavy atom. The number of hydrogen-bond donors (Lipinski definition) is 2. The van der Waals surface area contributed by atoms with Crippen LogP contribution >= 0.6 is 38.9 Å². The quantitative estimate of drug-likeness (QED) is 0.788. The van der Waals surface area contributed by atoms with E-state index in [2.05, 4.69) is 20.7 Å². The maximum absolute atomic E-state index is 13.2. The Kier molecular flexibility index (Phi) is 4.05. The third-order valence-corrected chi connectivity index (χ3v) is 5.86. The van der Waals surface area contributed by atoms with Crippen molar-refractivity contribution >= 4 is 54.6 Å². The average molecular weight is 387 g/mol. The number of rotatable bonds is 3. The summed E-state index contributed by atoms with van der Waals surface area (Å²) in [4.78, 5) is 0. The van der Waals surface area contributed by atoms with Gasteiger partial charge < -0.3 is 5.11 Å².